The number of Topliss-reactive ketones (excluding diaryl/α,β-unsaturated/α-hetero) is 1. The van der Waals surface area contributed by atoms with Gasteiger partial charge < -0.3 is 10.2 Å². The number of hydrogen-bond acceptors (Lipinski definition) is 3. The van der Waals surface area contributed by atoms with Gasteiger partial charge in [-0.2, -0.15) is 0 Å². The normalized spacial score (nSPS) is 9.31. The summed E-state index contributed by atoms with van der Waals surface area (Å²) < 4.78 is 0. The minimum Gasteiger partial charge on any atom is -0.508 e. The highest BCUT2D eigenvalue weighted by molar-refractivity contribution is 5.96. The number of benzene rings is 3. The Bertz CT molecular complexity index is 1230. The van der Waals surface area contributed by atoms with Gasteiger partial charge in [0.15, 0.2) is 5.78 Å². The van der Waals surface area contributed by atoms with Crippen LogP contribution in [-0.4, -0.2) is 16.0 Å². The van der Waals surface area contributed by atoms with Crippen molar-refractivity contribution in [3.63, 3.8) is 0 Å². The third-order valence-electron chi connectivity index (χ3n) is 6.61. The zero-order chi connectivity index (χ0) is 35.4. The Morgan fingerprint density at radius 2 is 1.38 bits per heavy atom. The van der Waals surface area contributed by atoms with E-state index in [9.17, 15) is 9.90 Å². The molecule has 3 nitrogen and oxygen atoms in total. The molecule has 0 radical (unpaired) electrons. The Balaban J connectivity index is -0.000000546. The van der Waals surface area contributed by atoms with Gasteiger partial charge in [0, 0.05) is 23.6 Å². The number of hydrogen-bond donors (Lipinski definition) is 2. The highest BCUT2D eigenvalue weighted by Gasteiger charge is 2.06. The quantitative estimate of drug-likeness (QED) is 0.186. The first-order valence-electron chi connectivity index (χ1n) is 16.7. The maximum absolute atomic E-state index is 11.6. The molecule has 0 saturated carbocycles. The molecule has 0 bridgehead atoms. The third kappa shape index (κ3) is 17.9. The zero-order valence-electron chi connectivity index (χ0n) is 30.5. The molecule has 0 amide bonds. The van der Waals surface area contributed by atoms with Crippen molar-refractivity contribution in [3.8, 4) is 11.5 Å². The summed E-state index contributed by atoms with van der Waals surface area (Å²) in [5.74, 6) is 0.373. The fourth-order valence-electron chi connectivity index (χ4n) is 4.23. The molecule has 250 valence electrons. The summed E-state index contributed by atoms with van der Waals surface area (Å²) in [7, 11) is 0. The Morgan fingerprint density at radius 3 is 1.80 bits per heavy atom. The van der Waals surface area contributed by atoms with Crippen molar-refractivity contribution in [2.24, 2.45) is 0 Å². The number of carbonyl (C=O) groups excluding carboxylic acids is 1. The second-order valence-corrected chi connectivity index (χ2v) is 9.70. The summed E-state index contributed by atoms with van der Waals surface area (Å²) in [6, 6.07) is 17.1. The molecular formula is C42H64O3. The molecule has 0 heterocycles. The van der Waals surface area contributed by atoms with E-state index in [-0.39, 0.29) is 17.3 Å². The van der Waals surface area contributed by atoms with Gasteiger partial charge in [-0.25, -0.2) is 0 Å². The van der Waals surface area contributed by atoms with E-state index in [0.717, 1.165) is 30.4 Å². The number of aryl methyl sites for hydroxylation is 4. The van der Waals surface area contributed by atoms with Gasteiger partial charge in [0.05, 0.1) is 0 Å². The van der Waals surface area contributed by atoms with Gasteiger partial charge in [0.2, 0.25) is 0 Å². The summed E-state index contributed by atoms with van der Waals surface area (Å²) in [4.78, 5) is 11.6. The molecule has 45 heavy (non-hydrogen) atoms. The molecule has 2 N–H and O–H groups in total. The molecule has 3 aromatic carbocycles. The van der Waals surface area contributed by atoms with Gasteiger partial charge in [-0.3, -0.25) is 4.79 Å². The van der Waals surface area contributed by atoms with E-state index in [0.29, 0.717) is 12.0 Å². The van der Waals surface area contributed by atoms with E-state index in [1.807, 2.05) is 40.7 Å². The molecule has 0 aliphatic heterocycles. The molecular weight excluding hydrogens is 552 g/mol. The van der Waals surface area contributed by atoms with Crippen LogP contribution in [-0.2, 0) is 19.3 Å². The van der Waals surface area contributed by atoms with E-state index in [2.05, 4.69) is 96.8 Å². The molecule has 0 atom stereocenters. The van der Waals surface area contributed by atoms with Crippen molar-refractivity contribution in [3.05, 3.63) is 119 Å². The number of phenolic OH excluding ortho intramolecular Hbond substituents is 2. The minimum absolute atomic E-state index is 0.0625. The van der Waals surface area contributed by atoms with Gasteiger partial charge in [0.25, 0.3) is 0 Å². The molecule has 0 fully saturated rings. The molecule has 0 aromatic heterocycles. The fraction of sp³-hybridized carbons (Fsp3) is 0.405. The van der Waals surface area contributed by atoms with Gasteiger partial charge in [-0.15, -0.1) is 13.2 Å². The summed E-state index contributed by atoms with van der Waals surface area (Å²) in [6.07, 6.45) is 10.7. The Morgan fingerprint density at radius 1 is 0.822 bits per heavy atom. The first kappa shape index (κ1) is 45.6. The lowest BCUT2D eigenvalue weighted by molar-refractivity contribution is 0.0988. The van der Waals surface area contributed by atoms with Crippen LogP contribution in [0.15, 0.2) is 80.4 Å². The zero-order valence-corrected chi connectivity index (χ0v) is 30.5. The Labute approximate surface area is 277 Å². The Hall–Kier alpha value is -3.85. The molecule has 0 unspecified atom stereocenters. The largest absolute Gasteiger partial charge is 0.508 e. The lowest BCUT2D eigenvalue weighted by atomic mass is 9.97. The summed E-state index contributed by atoms with van der Waals surface area (Å²) >= 11 is 0. The van der Waals surface area contributed by atoms with Crippen molar-refractivity contribution >= 4 is 17.4 Å². The van der Waals surface area contributed by atoms with Crippen LogP contribution in [0.25, 0.3) is 11.6 Å². The minimum atomic E-state index is 0.0625. The summed E-state index contributed by atoms with van der Waals surface area (Å²) in [5, 5.41) is 18.2. The topological polar surface area (TPSA) is 57.5 Å². The van der Waals surface area contributed by atoms with Crippen LogP contribution in [0.3, 0.4) is 0 Å². The lowest BCUT2D eigenvalue weighted by Gasteiger charge is -2.08. The van der Waals surface area contributed by atoms with Crippen LogP contribution in [0, 0.1) is 6.92 Å². The van der Waals surface area contributed by atoms with Crippen molar-refractivity contribution in [1.29, 1.82) is 0 Å². The second kappa shape index (κ2) is 28.9. The van der Waals surface area contributed by atoms with Crippen molar-refractivity contribution in [1.82, 2.24) is 0 Å². The molecule has 3 heteroatoms. The first-order valence-corrected chi connectivity index (χ1v) is 16.7. The van der Waals surface area contributed by atoms with Crippen LogP contribution in [0.2, 0.25) is 0 Å². The highest BCUT2D eigenvalue weighted by atomic mass is 16.3. The number of unbranched alkanes of at least 4 members (excludes halogenated alkanes) is 1. The van der Waals surface area contributed by atoms with Gasteiger partial charge in [-0.1, -0.05) is 111 Å². The average Bonchev–Trinajstić information content (AvgIpc) is 3.07. The predicted molar refractivity (Wildman–Crippen MR) is 203 cm³/mol. The number of ketones is 1. The number of phenols is 2. The predicted octanol–water partition coefficient (Wildman–Crippen LogP) is 12.8. The molecule has 0 aliphatic carbocycles. The van der Waals surface area contributed by atoms with Crippen molar-refractivity contribution < 1.29 is 15.0 Å². The molecule has 0 saturated heterocycles. The van der Waals surface area contributed by atoms with E-state index < -0.39 is 0 Å². The van der Waals surface area contributed by atoms with Crippen LogP contribution < -0.4 is 0 Å². The standard InChI is InChI=1S/C14H20O.C13H18.C9H10O2.2C2H6.C2H4/c1-4-6-7-12-10-13(14(15)5-2)9-8-11(12)3;1-4-8-13-11(5-2)9-7-10-12(13)6-3;1-6(2)8-4-3-7(10)5-9(8)11;3*1-2/h8-10H,4-7H2,1-3H3;4,7-10H,5-6H2,1-3H3;3-5,10-11H,1H2,2H3;2*1-2H3;1-2H2/b;8-4-;;;;. The third-order valence-corrected chi connectivity index (χ3v) is 6.61. The molecule has 0 aliphatic rings. The number of rotatable bonds is 9. The summed E-state index contributed by atoms with van der Waals surface area (Å²) in [5.41, 5.74) is 9.29. The number of carbonyl (C=O) groups is 1. The van der Waals surface area contributed by atoms with Crippen molar-refractivity contribution in [2.75, 3.05) is 0 Å². The SMILES string of the molecule is C/C=C\c1c(CC)cccc1CC.C=C.C=C(C)c1ccc(O)cc1O.CC.CC.CCCCc1cc(C(=O)CC)ccc1C. The van der Waals surface area contributed by atoms with Crippen LogP contribution in [0.4, 0.5) is 0 Å². The first-order chi connectivity index (χ1) is 21.6. The smallest absolute Gasteiger partial charge is 0.162 e. The molecule has 3 aromatic rings. The fourth-order valence-corrected chi connectivity index (χ4v) is 4.23. The lowest BCUT2D eigenvalue weighted by Crippen LogP contribution is -1.99. The maximum atomic E-state index is 11.6. The van der Waals surface area contributed by atoms with Crippen LogP contribution in [0.1, 0.15) is 132 Å². The highest BCUT2D eigenvalue weighted by Crippen LogP contribution is 2.27. The monoisotopic (exact) mass is 616 g/mol. The van der Waals surface area contributed by atoms with E-state index in [4.69, 9.17) is 5.11 Å². The van der Waals surface area contributed by atoms with Crippen LogP contribution >= 0.6 is 0 Å². The van der Waals surface area contributed by atoms with E-state index in [1.165, 1.54) is 52.8 Å². The average molecular weight is 617 g/mol. The molecule has 0 spiro atoms. The van der Waals surface area contributed by atoms with Gasteiger partial charge >= 0.3 is 0 Å². The number of aromatic hydroxyl groups is 2. The maximum Gasteiger partial charge on any atom is 0.162 e. The van der Waals surface area contributed by atoms with Crippen LogP contribution in [0.5, 0.6) is 11.5 Å². The van der Waals surface area contributed by atoms with Gasteiger partial charge in [-0.05, 0) is 98.0 Å². The van der Waals surface area contributed by atoms with E-state index >= 15 is 0 Å². The molecule has 3 rings (SSSR count). The van der Waals surface area contributed by atoms with Gasteiger partial charge in [0.1, 0.15) is 11.5 Å². The number of allylic oxidation sites excluding steroid dienone is 2. The van der Waals surface area contributed by atoms with Crippen molar-refractivity contribution in [2.45, 2.75) is 115 Å². The van der Waals surface area contributed by atoms with E-state index in [1.54, 1.807) is 13.0 Å². The summed E-state index contributed by atoms with van der Waals surface area (Å²) in [6.45, 7) is 32.2. The Kier molecular flexibility index (Phi) is 29.3. The second-order valence-electron chi connectivity index (χ2n) is 9.70.